The molecule has 0 bridgehead atoms. The number of ether oxygens (including phenoxy) is 1. The number of H-pyrrole nitrogens is 1. The van der Waals surface area contributed by atoms with Crippen LogP contribution < -0.4 is 10.9 Å². The highest BCUT2D eigenvalue weighted by Gasteiger charge is 2.20. The second-order valence-corrected chi connectivity index (χ2v) is 5.08. The molecule has 0 saturated heterocycles. The van der Waals surface area contributed by atoms with Crippen molar-refractivity contribution in [3.05, 3.63) is 16.0 Å². The Kier molecular flexibility index (Phi) is 5.27. The zero-order chi connectivity index (χ0) is 13.6. The van der Waals surface area contributed by atoms with Gasteiger partial charge in [0.05, 0.1) is 0 Å². The van der Waals surface area contributed by atoms with E-state index < -0.39 is 0 Å². The van der Waals surface area contributed by atoms with Crippen LogP contribution in [-0.4, -0.2) is 34.9 Å². The molecule has 0 unspecified atom stereocenters. The standard InChI is InChI=1S/C12H22N4O2/c1-5-18-8-6-7-13-11-14-10(17)9(15-16-11)12(2,3)4/h5-8H2,1-4H3,(H2,13,14,16,17). The predicted octanol–water partition coefficient (Wildman–Crippen LogP) is 1.30. The lowest BCUT2D eigenvalue weighted by Gasteiger charge is -2.15. The minimum atomic E-state index is -0.298. The van der Waals surface area contributed by atoms with E-state index in [-0.39, 0.29) is 11.0 Å². The number of rotatable bonds is 6. The summed E-state index contributed by atoms with van der Waals surface area (Å²) in [6.45, 7) is 9.86. The maximum Gasteiger partial charge on any atom is 0.274 e. The van der Waals surface area contributed by atoms with E-state index in [0.717, 1.165) is 13.0 Å². The highest BCUT2D eigenvalue weighted by molar-refractivity contribution is 5.22. The number of aromatic nitrogens is 3. The topological polar surface area (TPSA) is 79.9 Å². The molecule has 0 aliphatic carbocycles. The summed E-state index contributed by atoms with van der Waals surface area (Å²) in [6, 6.07) is 0. The average molecular weight is 254 g/mol. The van der Waals surface area contributed by atoms with Crippen molar-refractivity contribution in [2.75, 3.05) is 25.1 Å². The largest absolute Gasteiger partial charge is 0.382 e. The Labute approximate surface area is 107 Å². The molecule has 0 saturated carbocycles. The molecule has 1 rings (SSSR count). The van der Waals surface area contributed by atoms with Gasteiger partial charge in [-0.15, -0.1) is 10.2 Å². The molecule has 0 aliphatic rings. The molecule has 6 nitrogen and oxygen atoms in total. The molecule has 18 heavy (non-hydrogen) atoms. The number of hydrogen-bond donors (Lipinski definition) is 2. The van der Waals surface area contributed by atoms with E-state index in [4.69, 9.17) is 4.74 Å². The SMILES string of the molecule is CCOCCCNc1nnc(C(C)(C)C)c(=O)[nH]1. The number of aromatic amines is 1. The van der Waals surface area contributed by atoms with E-state index in [9.17, 15) is 4.79 Å². The molecule has 0 aromatic carbocycles. The molecule has 0 aliphatic heterocycles. The molecule has 0 spiro atoms. The van der Waals surface area contributed by atoms with Crippen LogP contribution in [-0.2, 0) is 10.2 Å². The van der Waals surface area contributed by atoms with Gasteiger partial charge in [-0.05, 0) is 13.3 Å². The molecule has 1 aromatic heterocycles. The third-order valence-electron chi connectivity index (χ3n) is 2.37. The van der Waals surface area contributed by atoms with Gasteiger partial charge >= 0.3 is 0 Å². The van der Waals surface area contributed by atoms with Gasteiger partial charge in [0.25, 0.3) is 5.56 Å². The maximum absolute atomic E-state index is 11.8. The summed E-state index contributed by atoms with van der Waals surface area (Å²) in [5.74, 6) is 0.407. The van der Waals surface area contributed by atoms with Crippen LogP contribution in [0, 0.1) is 0 Å². The summed E-state index contributed by atoms with van der Waals surface area (Å²) in [7, 11) is 0. The third-order valence-corrected chi connectivity index (χ3v) is 2.37. The molecule has 6 heteroatoms. The summed E-state index contributed by atoms with van der Waals surface area (Å²) in [5.41, 5.74) is -0.0409. The fraction of sp³-hybridized carbons (Fsp3) is 0.750. The smallest absolute Gasteiger partial charge is 0.274 e. The summed E-state index contributed by atoms with van der Waals surface area (Å²) in [5, 5.41) is 11.0. The highest BCUT2D eigenvalue weighted by Crippen LogP contribution is 2.15. The summed E-state index contributed by atoms with van der Waals surface area (Å²) in [6.07, 6.45) is 0.860. The van der Waals surface area contributed by atoms with E-state index in [1.807, 2.05) is 27.7 Å². The van der Waals surface area contributed by atoms with E-state index in [1.165, 1.54) is 0 Å². The van der Waals surface area contributed by atoms with Crippen molar-refractivity contribution in [2.24, 2.45) is 0 Å². The number of hydrogen-bond acceptors (Lipinski definition) is 5. The molecule has 102 valence electrons. The van der Waals surface area contributed by atoms with Gasteiger partial charge in [0.15, 0.2) is 0 Å². The van der Waals surface area contributed by atoms with Crippen LogP contribution >= 0.6 is 0 Å². The molecule has 1 heterocycles. The lowest BCUT2D eigenvalue weighted by Crippen LogP contribution is -2.28. The monoisotopic (exact) mass is 254 g/mol. The first-order valence-corrected chi connectivity index (χ1v) is 6.24. The van der Waals surface area contributed by atoms with Crippen molar-refractivity contribution in [2.45, 2.75) is 39.5 Å². The normalized spacial score (nSPS) is 11.6. The van der Waals surface area contributed by atoms with E-state index in [0.29, 0.717) is 24.8 Å². The van der Waals surface area contributed by atoms with Gasteiger partial charge < -0.3 is 10.1 Å². The van der Waals surface area contributed by atoms with Crippen LogP contribution in [0.4, 0.5) is 5.95 Å². The van der Waals surface area contributed by atoms with Crippen molar-refractivity contribution in [3.63, 3.8) is 0 Å². The molecule has 0 radical (unpaired) electrons. The Hall–Kier alpha value is -1.43. The van der Waals surface area contributed by atoms with Crippen LogP contribution in [0.1, 0.15) is 39.8 Å². The quantitative estimate of drug-likeness (QED) is 0.748. The van der Waals surface area contributed by atoms with Gasteiger partial charge in [0.1, 0.15) is 5.69 Å². The minimum absolute atomic E-state index is 0.190. The first kappa shape index (κ1) is 14.6. The number of nitrogens with one attached hydrogen (secondary N) is 2. The van der Waals surface area contributed by atoms with Crippen molar-refractivity contribution < 1.29 is 4.74 Å². The van der Waals surface area contributed by atoms with Crippen LogP contribution in [0.3, 0.4) is 0 Å². The number of nitrogens with zero attached hydrogens (tertiary/aromatic N) is 2. The van der Waals surface area contributed by atoms with Crippen LogP contribution in [0.15, 0.2) is 4.79 Å². The fourth-order valence-electron chi connectivity index (χ4n) is 1.43. The first-order chi connectivity index (χ1) is 8.45. The highest BCUT2D eigenvalue weighted by atomic mass is 16.5. The average Bonchev–Trinajstić information content (AvgIpc) is 2.27. The van der Waals surface area contributed by atoms with E-state index in [1.54, 1.807) is 0 Å². The molecule has 0 fully saturated rings. The Balaban J connectivity index is 2.55. The van der Waals surface area contributed by atoms with Gasteiger partial charge in [-0.1, -0.05) is 20.8 Å². The van der Waals surface area contributed by atoms with Gasteiger partial charge in [-0.2, -0.15) is 0 Å². The Bertz CT molecular complexity index is 423. The van der Waals surface area contributed by atoms with Crippen LogP contribution in [0.2, 0.25) is 0 Å². The van der Waals surface area contributed by atoms with Gasteiger partial charge in [0.2, 0.25) is 5.95 Å². The maximum atomic E-state index is 11.8. The second-order valence-electron chi connectivity index (χ2n) is 5.08. The summed E-state index contributed by atoms with van der Waals surface area (Å²) >= 11 is 0. The van der Waals surface area contributed by atoms with Gasteiger partial charge in [-0.25, -0.2) is 0 Å². The van der Waals surface area contributed by atoms with E-state index >= 15 is 0 Å². The van der Waals surface area contributed by atoms with Crippen molar-refractivity contribution in [1.29, 1.82) is 0 Å². The molecular weight excluding hydrogens is 232 g/mol. The molecule has 2 N–H and O–H groups in total. The zero-order valence-corrected chi connectivity index (χ0v) is 11.5. The summed E-state index contributed by atoms with van der Waals surface area (Å²) in [4.78, 5) is 14.5. The molecular formula is C12H22N4O2. The third kappa shape index (κ3) is 4.44. The summed E-state index contributed by atoms with van der Waals surface area (Å²) < 4.78 is 5.21. The first-order valence-electron chi connectivity index (χ1n) is 6.24. The number of anilines is 1. The molecule has 0 amide bonds. The fourth-order valence-corrected chi connectivity index (χ4v) is 1.43. The van der Waals surface area contributed by atoms with Gasteiger partial charge in [-0.3, -0.25) is 9.78 Å². The van der Waals surface area contributed by atoms with Crippen molar-refractivity contribution >= 4 is 5.95 Å². The minimum Gasteiger partial charge on any atom is -0.382 e. The molecule has 0 atom stereocenters. The van der Waals surface area contributed by atoms with Crippen LogP contribution in [0.25, 0.3) is 0 Å². The van der Waals surface area contributed by atoms with Gasteiger partial charge in [0, 0.05) is 25.2 Å². The predicted molar refractivity (Wildman–Crippen MR) is 71.0 cm³/mol. The lowest BCUT2D eigenvalue weighted by atomic mass is 9.93. The van der Waals surface area contributed by atoms with Crippen molar-refractivity contribution in [1.82, 2.24) is 15.2 Å². The van der Waals surface area contributed by atoms with Crippen LogP contribution in [0.5, 0.6) is 0 Å². The second kappa shape index (κ2) is 6.49. The lowest BCUT2D eigenvalue weighted by molar-refractivity contribution is 0.147. The van der Waals surface area contributed by atoms with Crippen molar-refractivity contribution in [3.8, 4) is 0 Å². The zero-order valence-electron chi connectivity index (χ0n) is 11.5. The Morgan fingerprint density at radius 1 is 1.33 bits per heavy atom. The Morgan fingerprint density at radius 3 is 2.61 bits per heavy atom. The Morgan fingerprint density at radius 2 is 2.06 bits per heavy atom. The van der Waals surface area contributed by atoms with E-state index in [2.05, 4.69) is 20.5 Å². The molecule has 1 aromatic rings.